The van der Waals surface area contributed by atoms with Gasteiger partial charge in [-0.3, -0.25) is 4.79 Å². The highest BCUT2D eigenvalue weighted by Gasteiger charge is 2.09. The summed E-state index contributed by atoms with van der Waals surface area (Å²) >= 11 is 1.45. The van der Waals surface area contributed by atoms with Crippen molar-refractivity contribution in [2.75, 3.05) is 13.2 Å². The highest BCUT2D eigenvalue weighted by Crippen LogP contribution is 2.19. The van der Waals surface area contributed by atoms with Crippen LogP contribution in [0.2, 0.25) is 0 Å². The maximum absolute atomic E-state index is 12.2. The molecule has 1 amide bonds. The second kappa shape index (κ2) is 9.02. The number of rotatable bonds is 8. The largest absolute Gasteiger partial charge is 0.494 e. The van der Waals surface area contributed by atoms with Gasteiger partial charge in [-0.1, -0.05) is 0 Å². The van der Waals surface area contributed by atoms with Crippen LogP contribution in [0.3, 0.4) is 0 Å². The SMILES string of the molecule is NCCCOc1ccc(C(=O)NCc2csc(-c3ncccn3)n2)cc1. The number of nitrogens with zero attached hydrogens (tertiary/aromatic N) is 3. The third-order valence-corrected chi connectivity index (χ3v) is 4.36. The summed E-state index contributed by atoms with van der Waals surface area (Å²) < 4.78 is 5.52. The summed E-state index contributed by atoms with van der Waals surface area (Å²) in [5, 5.41) is 5.48. The summed E-state index contributed by atoms with van der Waals surface area (Å²) in [7, 11) is 0. The maximum atomic E-state index is 12.2. The number of carbonyl (C=O) groups excluding carboxylic acids is 1. The first-order chi connectivity index (χ1) is 12.8. The van der Waals surface area contributed by atoms with E-state index in [-0.39, 0.29) is 5.91 Å². The Hall–Kier alpha value is -2.84. The van der Waals surface area contributed by atoms with Crippen molar-refractivity contribution in [2.45, 2.75) is 13.0 Å². The normalized spacial score (nSPS) is 10.5. The molecule has 8 heteroatoms. The summed E-state index contributed by atoms with van der Waals surface area (Å²) in [5.41, 5.74) is 6.77. The molecule has 0 aliphatic heterocycles. The molecule has 0 atom stereocenters. The van der Waals surface area contributed by atoms with E-state index in [9.17, 15) is 4.79 Å². The zero-order valence-corrected chi connectivity index (χ0v) is 14.9. The van der Waals surface area contributed by atoms with Crippen molar-refractivity contribution in [2.24, 2.45) is 5.73 Å². The van der Waals surface area contributed by atoms with Gasteiger partial charge in [-0.05, 0) is 43.3 Å². The molecule has 0 fully saturated rings. The molecule has 134 valence electrons. The molecule has 0 bridgehead atoms. The van der Waals surface area contributed by atoms with Gasteiger partial charge in [0.15, 0.2) is 10.8 Å². The predicted octanol–water partition coefficient (Wildman–Crippen LogP) is 2.26. The van der Waals surface area contributed by atoms with E-state index in [4.69, 9.17) is 10.5 Å². The molecule has 0 radical (unpaired) electrons. The van der Waals surface area contributed by atoms with Gasteiger partial charge in [0.2, 0.25) is 0 Å². The lowest BCUT2D eigenvalue weighted by atomic mass is 10.2. The molecule has 26 heavy (non-hydrogen) atoms. The Balaban J connectivity index is 1.53. The smallest absolute Gasteiger partial charge is 0.251 e. The van der Waals surface area contributed by atoms with Gasteiger partial charge in [0, 0.05) is 23.3 Å². The molecule has 0 aliphatic carbocycles. The van der Waals surface area contributed by atoms with Gasteiger partial charge in [0.05, 0.1) is 18.8 Å². The third kappa shape index (κ3) is 4.84. The molecule has 1 aromatic carbocycles. The molecule has 0 saturated carbocycles. The molecule has 0 aliphatic rings. The molecule has 2 aromatic heterocycles. The molecule has 2 heterocycles. The van der Waals surface area contributed by atoms with Crippen molar-refractivity contribution >= 4 is 17.2 Å². The lowest BCUT2D eigenvalue weighted by Gasteiger charge is -2.07. The average Bonchev–Trinajstić information content (AvgIpc) is 3.17. The Labute approximate surface area is 155 Å². The van der Waals surface area contributed by atoms with E-state index in [1.54, 1.807) is 42.7 Å². The minimum absolute atomic E-state index is 0.163. The number of amides is 1. The molecule has 3 N–H and O–H groups in total. The first kappa shape index (κ1) is 18.0. The van der Waals surface area contributed by atoms with E-state index in [0.29, 0.717) is 31.1 Å². The van der Waals surface area contributed by atoms with Crippen molar-refractivity contribution in [1.29, 1.82) is 0 Å². The van der Waals surface area contributed by atoms with Crippen LogP contribution in [0.4, 0.5) is 0 Å². The summed E-state index contributed by atoms with van der Waals surface area (Å²) in [6, 6.07) is 8.78. The first-order valence-corrected chi connectivity index (χ1v) is 9.07. The number of nitrogens with one attached hydrogen (secondary N) is 1. The Kier molecular flexibility index (Phi) is 6.24. The van der Waals surface area contributed by atoms with Gasteiger partial charge in [-0.2, -0.15) is 0 Å². The van der Waals surface area contributed by atoms with E-state index in [2.05, 4.69) is 20.3 Å². The van der Waals surface area contributed by atoms with Gasteiger partial charge < -0.3 is 15.8 Å². The Morgan fingerprint density at radius 3 is 2.69 bits per heavy atom. The highest BCUT2D eigenvalue weighted by molar-refractivity contribution is 7.13. The third-order valence-electron chi connectivity index (χ3n) is 3.47. The van der Waals surface area contributed by atoms with E-state index >= 15 is 0 Å². The molecule has 0 unspecified atom stereocenters. The number of aromatic nitrogens is 3. The Morgan fingerprint density at radius 2 is 1.96 bits per heavy atom. The molecule has 3 aromatic rings. The van der Waals surface area contributed by atoms with Crippen LogP contribution in [0.5, 0.6) is 5.75 Å². The predicted molar refractivity (Wildman–Crippen MR) is 99.9 cm³/mol. The number of nitrogens with two attached hydrogens (primary N) is 1. The topological polar surface area (TPSA) is 103 Å². The molecule has 0 spiro atoms. The monoisotopic (exact) mass is 369 g/mol. The average molecular weight is 369 g/mol. The van der Waals surface area contributed by atoms with Crippen molar-refractivity contribution < 1.29 is 9.53 Å². The molecular weight excluding hydrogens is 350 g/mol. The molecule has 3 rings (SSSR count). The van der Waals surface area contributed by atoms with Gasteiger partial charge in [-0.25, -0.2) is 15.0 Å². The van der Waals surface area contributed by atoms with Crippen LogP contribution < -0.4 is 15.8 Å². The zero-order chi connectivity index (χ0) is 18.2. The first-order valence-electron chi connectivity index (χ1n) is 8.19. The van der Waals surface area contributed by atoms with Gasteiger partial charge in [0.1, 0.15) is 5.75 Å². The summed E-state index contributed by atoms with van der Waals surface area (Å²) in [4.78, 5) is 25.0. The summed E-state index contributed by atoms with van der Waals surface area (Å²) in [5.74, 6) is 1.14. The van der Waals surface area contributed by atoms with Crippen molar-refractivity contribution in [3.63, 3.8) is 0 Å². The lowest BCUT2D eigenvalue weighted by molar-refractivity contribution is 0.0950. The number of ether oxygens (including phenoxy) is 1. The second-order valence-electron chi connectivity index (χ2n) is 5.41. The number of hydrogen-bond donors (Lipinski definition) is 2. The van der Waals surface area contributed by atoms with Crippen LogP contribution in [-0.2, 0) is 6.54 Å². The fraction of sp³-hybridized carbons (Fsp3) is 0.222. The highest BCUT2D eigenvalue weighted by atomic mass is 32.1. The summed E-state index contributed by atoms with van der Waals surface area (Å²) in [6.45, 7) is 1.51. The quantitative estimate of drug-likeness (QED) is 0.590. The van der Waals surface area contributed by atoms with Gasteiger partial charge in [-0.15, -0.1) is 11.3 Å². The Morgan fingerprint density at radius 1 is 1.19 bits per heavy atom. The molecule has 0 saturated heterocycles. The van der Waals surface area contributed by atoms with E-state index < -0.39 is 0 Å². The minimum atomic E-state index is -0.163. The van der Waals surface area contributed by atoms with Crippen molar-refractivity contribution in [1.82, 2.24) is 20.3 Å². The van der Waals surface area contributed by atoms with Crippen LogP contribution in [0.1, 0.15) is 22.5 Å². The number of carbonyl (C=O) groups is 1. The van der Waals surface area contributed by atoms with Crippen molar-refractivity contribution in [3.05, 3.63) is 59.4 Å². The fourth-order valence-electron chi connectivity index (χ4n) is 2.15. The number of hydrogen-bond acceptors (Lipinski definition) is 7. The Bertz CT molecular complexity index is 836. The van der Waals surface area contributed by atoms with Crippen LogP contribution in [0.15, 0.2) is 48.1 Å². The minimum Gasteiger partial charge on any atom is -0.494 e. The number of thiazole rings is 1. The van der Waals surface area contributed by atoms with E-state index in [1.165, 1.54) is 11.3 Å². The standard InChI is InChI=1S/C18H19N5O2S/c19-7-1-10-25-15-5-3-13(4-6-15)17(24)22-11-14-12-26-18(23-14)16-20-8-2-9-21-16/h2-6,8-9,12H,1,7,10-11,19H2,(H,22,24). The fourth-order valence-corrected chi connectivity index (χ4v) is 2.91. The van der Waals surface area contributed by atoms with Crippen LogP contribution >= 0.6 is 11.3 Å². The molecular formula is C18H19N5O2S. The molecule has 7 nitrogen and oxygen atoms in total. The van der Waals surface area contributed by atoms with Gasteiger partial charge >= 0.3 is 0 Å². The van der Waals surface area contributed by atoms with E-state index in [1.807, 2.05) is 5.38 Å². The van der Waals surface area contributed by atoms with Crippen LogP contribution in [-0.4, -0.2) is 34.0 Å². The van der Waals surface area contributed by atoms with Gasteiger partial charge in [0.25, 0.3) is 5.91 Å². The zero-order valence-electron chi connectivity index (χ0n) is 14.1. The maximum Gasteiger partial charge on any atom is 0.251 e. The summed E-state index contributed by atoms with van der Waals surface area (Å²) in [6.07, 6.45) is 4.15. The number of benzene rings is 1. The van der Waals surface area contributed by atoms with Crippen LogP contribution in [0.25, 0.3) is 10.8 Å². The lowest BCUT2D eigenvalue weighted by Crippen LogP contribution is -2.22. The van der Waals surface area contributed by atoms with E-state index in [0.717, 1.165) is 22.9 Å². The second-order valence-corrected chi connectivity index (χ2v) is 6.27. The van der Waals surface area contributed by atoms with Crippen molar-refractivity contribution in [3.8, 4) is 16.6 Å². The van der Waals surface area contributed by atoms with Crippen LogP contribution in [0, 0.1) is 0 Å².